The van der Waals surface area contributed by atoms with Crippen molar-refractivity contribution < 1.29 is 0 Å². The van der Waals surface area contributed by atoms with E-state index in [2.05, 4.69) is 170 Å². The second-order valence-corrected chi connectivity index (χ2v) is 13.2. The molecule has 0 radical (unpaired) electrons. The third-order valence-corrected chi connectivity index (χ3v) is 9.96. The zero-order valence-electron chi connectivity index (χ0n) is 27.1. The largest absolute Gasteiger partial charge is 0.355 e. The Morgan fingerprint density at radius 3 is 2.15 bits per heavy atom. The van der Waals surface area contributed by atoms with E-state index < -0.39 is 0 Å². The van der Waals surface area contributed by atoms with E-state index in [1.165, 1.54) is 66.7 Å². The second-order valence-electron chi connectivity index (χ2n) is 13.2. The van der Waals surface area contributed by atoms with Crippen LogP contribution < -0.4 is 9.80 Å². The molecular weight excluding hydrogens is 560 g/mol. The molecule has 0 saturated carbocycles. The molecule has 2 aromatic heterocycles. The fraction of sp³-hybridized carbons (Fsp3) is 0.167. The molecule has 7 aromatic rings. The molecule has 3 heterocycles. The Bertz CT molecular complexity index is 2250. The van der Waals surface area contributed by atoms with Gasteiger partial charge in [0.05, 0.1) is 29.1 Å². The summed E-state index contributed by atoms with van der Waals surface area (Å²) in [5.74, 6) is 0.931. The lowest BCUT2D eigenvalue weighted by atomic mass is 9.77. The molecule has 5 aromatic carbocycles. The lowest BCUT2D eigenvalue weighted by Crippen LogP contribution is -2.25. The predicted molar refractivity (Wildman–Crippen MR) is 194 cm³/mol. The summed E-state index contributed by atoms with van der Waals surface area (Å²) < 4.78 is 2.34. The van der Waals surface area contributed by atoms with E-state index in [1.54, 1.807) is 0 Å². The molecule has 226 valence electrons. The molecule has 0 fully saturated rings. The smallest absolute Gasteiger partial charge is 0.138 e. The summed E-state index contributed by atoms with van der Waals surface area (Å²) >= 11 is 0. The van der Waals surface area contributed by atoms with Crippen LogP contribution in [-0.2, 0) is 5.41 Å². The lowest BCUT2D eigenvalue weighted by Gasteiger charge is -2.28. The van der Waals surface area contributed by atoms with E-state index in [0.29, 0.717) is 0 Å². The Balaban J connectivity index is 1.26. The van der Waals surface area contributed by atoms with Crippen LogP contribution in [0.1, 0.15) is 36.1 Å². The molecule has 0 amide bonds. The van der Waals surface area contributed by atoms with Gasteiger partial charge < -0.3 is 9.80 Å². The normalized spacial score (nSPS) is 13.2. The van der Waals surface area contributed by atoms with Gasteiger partial charge in [0, 0.05) is 35.1 Å². The summed E-state index contributed by atoms with van der Waals surface area (Å²) in [6, 6.07) is 44.3. The molecular formula is C42H38N4. The van der Waals surface area contributed by atoms with Gasteiger partial charge in [0.2, 0.25) is 0 Å². The molecule has 4 nitrogen and oxygen atoms in total. The Morgan fingerprint density at radius 1 is 0.630 bits per heavy atom. The molecule has 0 bridgehead atoms. The molecule has 0 spiro atoms. The van der Waals surface area contributed by atoms with Crippen LogP contribution in [0, 0.1) is 13.8 Å². The van der Waals surface area contributed by atoms with E-state index in [1.807, 2.05) is 6.20 Å². The molecule has 0 N–H and O–H groups in total. The first kappa shape index (κ1) is 28.1. The number of nitrogens with zero attached hydrogens (tertiary/aromatic N) is 4. The van der Waals surface area contributed by atoms with Crippen molar-refractivity contribution in [3.63, 3.8) is 0 Å². The van der Waals surface area contributed by atoms with Crippen LogP contribution in [0.4, 0.5) is 17.1 Å². The maximum atomic E-state index is 4.95. The van der Waals surface area contributed by atoms with Crippen molar-refractivity contribution in [2.75, 3.05) is 23.5 Å². The predicted octanol–water partition coefficient (Wildman–Crippen LogP) is 10.3. The fourth-order valence-corrected chi connectivity index (χ4v) is 7.40. The topological polar surface area (TPSA) is 24.3 Å². The molecule has 1 aliphatic heterocycles. The minimum atomic E-state index is -0.232. The van der Waals surface area contributed by atoms with E-state index in [0.717, 1.165) is 18.0 Å². The van der Waals surface area contributed by atoms with Gasteiger partial charge in [0.25, 0.3) is 0 Å². The van der Waals surface area contributed by atoms with Crippen LogP contribution in [-0.4, -0.2) is 23.3 Å². The standard InChI is InChI=1S/C42H38N4/c1-28-12-10-13-29(2)41(28)30-22-23-43-40(24-30)46-36-17-7-6-16-34(36)35-21-20-32(26-39(35)46)42(3,4)31-14-11-15-33(25-31)45-27-44(5)37-18-8-9-19-38(37)45/h6-26H,27H2,1-5H3. The number of benzene rings is 5. The number of fused-ring (bicyclic) bond motifs is 4. The average molecular weight is 599 g/mol. The van der Waals surface area contributed by atoms with Crippen LogP contribution in [0.25, 0.3) is 38.8 Å². The van der Waals surface area contributed by atoms with Gasteiger partial charge in [-0.15, -0.1) is 0 Å². The van der Waals surface area contributed by atoms with E-state index in [-0.39, 0.29) is 5.41 Å². The number of anilines is 3. The van der Waals surface area contributed by atoms with Crippen molar-refractivity contribution in [2.24, 2.45) is 0 Å². The average Bonchev–Trinajstić information content (AvgIpc) is 3.59. The number of rotatable bonds is 5. The van der Waals surface area contributed by atoms with Crippen LogP contribution in [0.5, 0.6) is 0 Å². The van der Waals surface area contributed by atoms with Crippen molar-refractivity contribution >= 4 is 38.9 Å². The van der Waals surface area contributed by atoms with E-state index in [9.17, 15) is 0 Å². The molecule has 0 atom stereocenters. The van der Waals surface area contributed by atoms with Crippen LogP contribution in [0.2, 0.25) is 0 Å². The first-order valence-corrected chi connectivity index (χ1v) is 16.1. The third kappa shape index (κ3) is 4.40. The summed E-state index contributed by atoms with van der Waals surface area (Å²) in [5, 5.41) is 2.47. The molecule has 0 saturated heterocycles. The highest BCUT2D eigenvalue weighted by atomic mass is 15.4. The molecule has 46 heavy (non-hydrogen) atoms. The van der Waals surface area contributed by atoms with Crippen molar-refractivity contribution in [1.29, 1.82) is 0 Å². The minimum Gasteiger partial charge on any atom is -0.355 e. The van der Waals surface area contributed by atoms with Gasteiger partial charge in [-0.3, -0.25) is 4.57 Å². The molecule has 4 heteroatoms. The number of aryl methyl sites for hydroxylation is 2. The maximum absolute atomic E-state index is 4.95. The number of hydrogen-bond acceptors (Lipinski definition) is 3. The highest BCUT2D eigenvalue weighted by Crippen LogP contribution is 2.42. The van der Waals surface area contributed by atoms with Gasteiger partial charge in [-0.25, -0.2) is 4.98 Å². The summed E-state index contributed by atoms with van der Waals surface area (Å²) in [7, 11) is 2.16. The number of pyridine rings is 1. The maximum Gasteiger partial charge on any atom is 0.138 e. The molecule has 1 aliphatic rings. The van der Waals surface area contributed by atoms with Gasteiger partial charge >= 0.3 is 0 Å². The Kier molecular flexibility index (Phi) is 6.50. The van der Waals surface area contributed by atoms with Gasteiger partial charge in [-0.2, -0.15) is 0 Å². The van der Waals surface area contributed by atoms with Crippen molar-refractivity contribution in [1.82, 2.24) is 9.55 Å². The third-order valence-electron chi connectivity index (χ3n) is 9.96. The zero-order chi connectivity index (χ0) is 31.6. The zero-order valence-corrected chi connectivity index (χ0v) is 27.1. The number of para-hydroxylation sites is 3. The van der Waals surface area contributed by atoms with Crippen molar-refractivity contribution in [3.05, 3.63) is 150 Å². The van der Waals surface area contributed by atoms with E-state index >= 15 is 0 Å². The van der Waals surface area contributed by atoms with Crippen LogP contribution in [0.3, 0.4) is 0 Å². The van der Waals surface area contributed by atoms with Gasteiger partial charge in [-0.05, 0) is 95.8 Å². The Morgan fingerprint density at radius 2 is 1.33 bits per heavy atom. The van der Waals surface area contributed by atoms with Crippen LogP contribution >= 0.6 is 0 Å². The molecule has 0 unspecified atom stereocenters. The SMILES string of the molecule is Cc1cccc(C)c1-c1ccnc(-n2c3ccccc3c3ccc(C(C)(C)c4cccc(N5CN(C)c6ccccc65)c4)cc32)c1. The summed E-state index contributed by atoms with van der Waals surface area (Å²) in [5.41, 5.74) is 13.4. The fourth-order valence-electron chi connectivity index (χ4n) is 7.40. The quantitative estimate of drug-likeness (QED) is 0.197. The first-order valence-electron chi connectivity index (χ1n) is 16.1. The molecule has 0 aliphatic carbocycles. The van der Waals surface area contributed by atoms with Crippen molar-refractivity contribution in [2.45, 2.75) is 33.1 Å². The van der Waals surface area contributed by atoms with Gasteiger partial charge in [0.15, 0.2) is 0 Å². The summed E-state index contributed by atoms with van der Waals surface area (Å²) in [6.45, 7) is 9.89. The summed E-state index contributed by atoms with van der Waals surface area (Å²) in [4.78, 5) is 9.67. The monoisotopic (exact) mass is 598 g/mol. The second kappa shape index (κ2) is 10.6. The van der Waals surface area contributed by atoms with Gasteiger partial charge in [0.1, 0.15) is 5.82 Å². The first-order chi connectivity index (χ1) is 22.3. The van der Waals surface area contributed by atoms with Gasteiger partial charge in [-0.1, -0.05) is 86.6 Å². The van der Waals surface area contributed by atoms with Crippen LogP contribution in [0.15, 0.2) is 128 Å². The number of hydrogen-bond donors (Lipinski definition) is 0. The summed E-state index contributed by atoms with van der Waals surface area (Å²) in [6.07, 6.45) is 1.95. The highest BCUT2D eigenvalue weighted by Gasteiger charge is 2.28. The molecule has 8 rings (SSSR count). The Labute approximate surface area is 271 Å². The Hall–Kier alpha value is -5.35. The van der Waals surface area contributed by atoms with E-state index in [4.69, 9.17) is 4.98 Å². The minimum absolute atomic E-state index is 0.232. The number of aromatic nitrogens is 2. The lowest BCUT2D eigenvalue weighted by molar-refractivity contribution is 0.641. The highest BCUT2D eigenvalue weighted by molar-refractivity contribution is 6.09. The van der Waals surface area contributed by atoms with Crippen molar-refractivity contribution in [3.8, 4) is 16.9 Å².